The second-order valence-electron chi connectivity index (χ2n) is 5.01. The van der Waals surface area contributed by atoms with Crippen LogP contribution in [0.4, 0.5) is 0 Å². The van der Waals surface area contributed by atoms with Crippen LogP contribution in [0, 0.1) is 5.41 Å². The van der Waals surface area contributed by atoms with Gasteiger partial charge in [-0.2, -0.15) is 5.10 Å². The summed E-state index contributed by atoms with van der Waals surface area (Å²) in [7, 11) is 1.84. The molecule has 90 valence electrons. The highest BCUT2D eigenvalue weighted by Gasteiger charge is 2.27. The van der Waals surface area contributed by atoms with Gasteiger partial charge in [0.05, 0.1) is 18.3 Å². The molecule has 0 aromatic carbocycles. The van der Waals surface area contributed by atoms with Gasteiger partial charge in [0.25, 0.3) is 0 Å². The van der Waals surface area contributed by atoms with Gasteiger partial charge in [0.1, 0.15) is 0 Å². The minimum Gasteiger partial charge on any atom is -0.349 e. The van der Waals surface area contributed by atoms with E-state index in [0.717, 1.165) is 5.69 Å². The number of nitrogens with one attached hydrogen (secondary N) is 1. The molecule has 3 N–H and O–H groups in total. The molecule has 1 heterocycles. The van der Waals surface area contributed by atoms with Crippen LogP contribution >= 0.6 is 0 Å². The second-order valence-corrected chi connectivity index (χ2v) is 5.01. The Labute approximate surface area is 96.0 Å². The van der Waals surface area contributed by atoms with E-state index in [2.05, 4.69) is 10.4 Å². The van der Waals surface area contributed by atoms with E-state index in [1.165, 1.54) is 0 Å². The highest BCUT2D eigenvalue weighted by Crippen LogP contribution is 2.17. The van der Waals surface area contributed by atoms with Crippen molar-refractivity contribution < 1.29 is 4.79 Å². The summed E-state index contributed by atoms with van der Waals surface area (Å²) in [6, 6.07) is 1.36. The van der Waals surface area contributed by atoms with Gasteiger partial charge < -0.3 is 11.1 Å². The van der Waals surface area contributed by atoms with Crippen LogP contribution in [-0.2, 0) is 18.4 Å². The predicted octanol–water partition coefficient (Wildman–Crippen LogP) is 0.410. The summed E-state index contributed by atoms with van der Waals surface area (Å²) < 4.78 is 1.73. The zero-order valence-corrected chi connectivity index (χ0v) is 10.3. The fourth-order valence-electron chi connectivity index (χ4n) is 1.26. The molecule has 16 heavy (non-hydrogen) atoms. The topological polar surface area (TPSA) is 72.9 Å². The SMILES string of the molecule is Cn1nccc1CNC(=O)[C@H](N)C(C)(C)C. The second kappa shape index (κ2) is 4.65. The van der Waals surface area contributed by atoms with Crippen LogP contribution in [0.3, 0.4) is 0 Å². The van der Waals surface area contributed by atoms with Crippen LogP contribution in [-0.4, -0.2) is 21.7 Å². The Kier molecular flexibility index (Phi) is 3.70. The molecule has 0 aliphatic carbocycles. The van der Waals surface area contributed by atoms with Gasteiger partial charge in [0, 0.05) is 13.2 Å². The first kappa shape index (κ1) is 12.7. The van der Waals surface area contributed by atoms with Crippen molar-refractivity contribution in [3.63, 3.8) is 0 Å². The molecule has 0 aliphatic heterocycles. The van der Waals surface area contributed by atoms with Crippen LogP contribution in [0.15, 0.2) is 12.3 Å². The molecule has 1 rings (SSSR count). The molecule has 5 heteroatoms. The minimum absolute atomic E-state index is 0.131. The van der Waals surface area contributed by atoms with Crippen molar-refractivity contribution >= 4 is 5.91 Å². The minimum atomic E-state index is -0.499. The lowest BCUT2D eigenvalue weighted by molar-refractivity contribution is -0.124. The summed E-state index contributed by atoms with van der Waals surface area (Å²) in [6.07, 6.45) is 1.70. The van der Waals surface area contributed by atoms with Gasteiger partial charge in [-0.05, 0) is 11.5 Å². The Morgan fingerprint density at radius 3 is 2.69 bits per heavy atom. The van der Waals surface area contributed by atoms with E-state index in [-0.39, 0.29) is 11.3 Å². The lowest BCUT2D eigenvalue weighted by atomic mass is 9.87. The van der Waals surface area contributed by atoms with E-state index in [1.807, 2.05) is 33.9 Å². The normalized spacial score (nSPS) is 13.6. The van der Waals surface area contributed by atoms with Gasteiger partial charge in [0.2, 0.25) is 5.91 Å². The first-order chi connectivity index (χ1) is 7.32. The number of hydrogen-bond donors (Lipinski definition) is 2. The van der Waals surface area contributed by atoms with Crippen molar-refractivity contribution in [2.45, 2.75) is 33.4 Å². The number of nitrogens with two attached hydrogens (primary N) is 1. The van der Waals surface area contributed by atoms with Gasteiger partial charge in [-0.25, -0.2) is 0 Å². The summed E-state index contributed by atoms with van der Waals surface area (Å²) in [6.45, 7) is 6.29. The third kappa shape index (κ3) is 3.06. The maximum Gasteiger partial charge on any atom is 0.237 e. The monoisotopic (exact) mass is 224 g/mol. The summed E-state index contributed by atoms with van der Waals surface area (Å²) in [5.74, 6) is -0.131. The van der Waals surface area contributed by atoms with Crippen molar-refractivity contribution in [1.82, 2.24) is 15.1 Å². The fraction of sp³-hybridized carbons (Fsp3) is 0.636. The van der Waals surface area contributed by atoms with Gasteiger partial charge in [-0.1, -0.05) is 20.8 Å². The third-order valence-corrected chi connectivity index (χ3v) is 2.58. The highest BCUT2D eigenvalue weighted by molar-refractivity contribution is 5.82. The zero-order valence-electron chi connectivity index (χ0n) is 10.3. The van der Waals surface area contributed by atoms with Crippen molar-refractivity contribution in [3.05, 3.63) is 18.0 Å². The number of hydrogen-bond acceptors (Lipinski definition) is 3. The molecule has 0 bridgehead atoms. The Morgan fingerprint density at radius 1 is 1.62 bits per heavy atom. The first-order valence-electron chi connectivity index (χ1n) is 5.32. The lowest BCUT2D eigenvalue weighted by Crippen LogP contribution is -2.48. The molecule has 0 radical (unpaired) electrons. The number of rotatable bonds is 3. The number of aromatic nitrogens is 2. The van der Waals surface area contributed by atoms with Crippen LogP contribution in [0.25, 0.3) is 0 Å². The van der Waals surface area contributed by atoms with E-state index >= 15 is 0 Å². The number of carbonyl (C=O) groups excluding carboxylic acids is 1. The number of carbonyl (C=O) groups is 1. The molecule has 1 amide bonds. The van der Waals surface area contributed by atoms with E-state index in [1.54, 1.807) is 10.9 Å². The first-order valence-corrected chi connectivity index (χ1v) is 5.32. The quantitative estimate of drug-likeness (QED) is 0.781. The predicted molar refractivity (Wildman–Crippen MR) is 62.5 cm³/mol. The van der Waals surface area contributed by atoms with Gasteiger partial charge in [0.15, 0.2) is 0 Å². The number of amides is 1. The van der Waals surface area contributed by atoms with E-state index in [0.29, 0.717) is 6.54 Å². The summed E-state index contributed by atoms with van der Waals surface area (Å²) in [5.41, 5.74) is 6.56. The zero-order chi connectivity index (χ0) is 12.3. The smallest absolute Gasteiger partial charge is 0.237 e. The third-order valence-electron chi connectivity index (χ3n) is 2.58. The highest BCUT2D eigenvalue weighted by atomic mass is 16.2. The Hall–Kier alpha value is -1.36. The largest absolute Gasteiger partial charge is 0.349 e. The Balaban J connectivity index is 2.51. The molecule has 0 spiro atoms. The number of nitrogens with zero attached hydrogens (tertiary/aromatic N) is 2. The van der Waals surface area contributed by atoms with E-state index in [9.17, 15) is 4.79 Å². The van der Waals surface area contributed by atoms with Crippen LogP contribution in [0.1, 0.15) is 26.5 Å². The van der Waals surface area contributed by atoms with Crippen LogP contribution in [0.2, 0.25) is 0 Å². The van der Waals surface area contributed by atoms with Crippen molar-refractivity contribution in [2.75, 3.05) is 0 Å². The molecule has 0 fully saturated rings. The molecule has 0 unspecified atom stereocenters. The molecule has 1 aromatic heterocycles. The Bertz CT molecular complexity index is 364. The molecule has 0 saturated heterocycles. The van der Waals surface area contributed by atoms with E-state index in [4.69, 9.17) is 5.73 Å². The maximum absolute atomic E-state index is 11.7. The van der Waals surface area contributed by atoms with Crippen LogP contribution in [0.5, 0.6) is 0 Å². The maximum atomic E-state index is 11.7. The molecule has 1 atom stereocenters. The van der Waals surface area contributed by atoms with Gasteiger partial charge in [-0.3, -0.25) is 9.48 Å². The average Bonchev–Trinajstić information content (AvgIpc) is 2.58. The van der Waals surface area contributed by atoms with Crippen molar-refractivity contribution in [1.29, 1.82) is 0 Å². The standard InChI is InChI=1S/C11H20N4O/c1-11(2,3)9(12)10(16)13-7-8-5-6-14-15(8)4/h5-6,9H,7,12H2,1-4H3,(H,13,16)/t9-/m0/s1. The molecule has 0 saturated carbocycles. The van der Waals surface area contributed by atoms with Gasteiger partial charge >= 0.3 is 0 Å². The summed E-state index contributed by atoms with van der Waals surface area (Å²) in [5, 5.41) is 6.83. The average molecular weight is 224 g/mol. The summed E-state index contributed by atoms with van der Waals surface area (Å²) in [4.78, 5) is 11.7. The van der Waals surface area contributed by atoms with Gasteiger partial charge in [-0.15, -0.1) is 0 Å². The van der Waals surface area contributed by atoms with Crippen molar-refractivity contribution in [3.8, 4) is 0 Å². The molecule has 1 aromatic rings. The summed E-state index contributed by atoms with van der Waals surface area (Å²) >= 11 is 0. The molecule has 0 aliphatic rings. The number of aryl methyl sites for hydroxylation is 1. The van der Waals surface area contributed by atoms with E-state index < -0.39 is 6.04 Å². The molecule has 5 nitrogen and oxygen atoms in total. The van der Waals surface area contributed by atoms with Crippen molar-refractivity contribution in [2.24, 2.45) is 18.2 Å². The fourth-order valence-corrected chi connectivity index (χ4v) is 1.26. The van der Waals surface area contributed by atoms with Crippen LogP contribution < -0.4 is 11.1 Å². The lowest BCUT2D eigenvalue weighted by Gasteiger charge is -2.25. The molecular formula is C11H20N4O. The molecular weight excluding hydrogens is 204 g/mol. The Morgan fingerprint density at radius 2 is 2.25 bits per heavy atom.